The van der Waals surface area contributed by atoms with E-state index in [9.17, 15) is 14.9 Å². The Morgan fingerprint density at radius 2 is 1.94 bits per heavy atom. The zero-order chi connectivity index (χ0) is 33.5. The van der Waals surface area contributed by atoms with Crippen molar-refractivity contribution in [2.45, 2.75) is 71.6 Å². The van der Waals surface area contributed by atoms with Gasteiger partial charge in [-0.05, 0) is 95.1 Å². The number of hydrogen-bond acceptors (Lipinski definition) is 8. The van der Waals surface area contributed by atoms with E-state index in [0.717, 1.165) is 52.9 Å². The summed E-state index contributed by atoms with van der Waals surface area (Å²) in [5, 5.41) is 16.8. The number of dihydropyridines is 1. The molecule has 3 unspecified atom stereocenters. The van der Waals surface area contributed by atoms with Gasteiger partial charge >= 0.3 is 0 Å². The number of primary amides is 1. The second kappa shape index (κ2) is 15.4. The molecule has 2 aromatic carbocycles. The Morgan fingerprint density at radius 3 is 2.64 bits per heavy atom. The van der Waals surface area contributed by atoms with E-state index < -0.39 is 17.9 Å². The standard InChI is InChI=1S/C37H40BrN5O4/c1-4-7-24-15-30-34(31(44)16-24)33(28(19-39)22(3)43-30)27-17-29(38)36(32(18-27)46-5-2)47-21-25-8-6-9-26(14-25)35(37(40)45)42-20-23-10-12-41-13-11-23/h6,8-14,17-18,24,33,35,42-43H,4-5,7,15-16,20-21H2,1-3H3,(H2,40,45). The van der Waals surface area contributed by atoms with Crippen LogP contribution in [0.15, 0.2) is 87.9 Å². The minimum Gasteiger partial charge on any atom is -0.490 e. The first-order valence-electron chi connectivity index (χ1n) is 16.0. The van der Waals surface area contributed by atoms with E-state index in [0.29, 0.717) is 52.6 Å². The number of amides is 1. The number of nitrogens with zero attached hydrogens (tertiary/aromatic N) is 2. The van der Waals surface area contributed by atoms with E-state index in [-0.39, 0.29) is 12.4 Å². The van der Waals surface area contributed by atoms with Gasteiger partial charge < -0.3 is 20.5 Å². The van der Waals surface area contributed by atoms with Gasteiger partial charge in [0.15, 0.2) is 17.3 Å². The van der Waals surface area contributed by atoms with E-state index in [2.05, 4.69) is 44.5 Å². The van der Waals surface area contributed by atoms with Crippen LogP contribution in [0.5, 0.6) is 11.5 Å². The average Bonchev–Trinajstić information content (AvgIpc) is 3.04. The molecule has 47 heavy (non-hydrogen) atoms. The summed E-state index contributed by atoms with van der Waals surface area (Å²) in [5.41, 5.74) is 12.0. The molecule has 2 aliphatic rings. The molecule has 0 fully saturated rings. The highest BCUT2D eigenvalue weighted by Gasteiger charge is 2.39. The van der Waals surface area contributed by atoms with Gasteiger partial charge in [0.05, 0.1) is 28.6 Å². The maximum Gasteiger partial charge on any atom is 0.239 e. The lowest BCUT2D eigenvalue weighted by Crippen LogP contribution is -2.34. The monoisotopic (exact) mass is 697 g/mol. The molecule has 2 heterocycles. The zero-order valence-electron chi connectivity index (χ0n) is 26.9. The first-order chi connectivity index (χ1) is 22.7. The number of nitrogens with two attached hydrogens (primary N) is 1. The molecule has 9 nitrogen and oxygen atoms in total. The number of ether oxygens (including phenoxy) is 2. The van der Waals surface area contributed by atoms with Crippen molar-refractivity contribution in [1.82, 2.24) is 15.6 Å². The van der Waals surface area contributed by atoms with E-state index in [1.807, 2.05) is 62.4 Å². The summed E-state index contributed by atoms with van der Waals surface area (Å²) in [6.07, 6.45) is 6.69. The zero-order valence-corrected chi connectivity index (χ0v) is 28.5. The third-order valence-electron chi connectivity index (χ3n) is 8.61. The first kappa shape index (κ1) is 33.9. The molecule has 3 aromatic rings. The van der Waals surface area contributed by atoms with Crippen LogP contribution in [0, 0.1) is 17.2 Å². The molecule has 0 radical (unpaired) electrons. The Balaban J connectivity index is 1.41. The predicted octanol–water partition coefficient (Wildman–Crippen LogP) is 6.66. The topological polar surface area (TPSA) is 139 Å². The number of hydrogen-bond donors (Lipinski definition) is 3. The number of rotatable bonds is 13. The maximum absolute atomic E-state index is 13.6. The molecule has 1 aliphatic heterocycles. The molecule has 1 amide bonds. The highest BCUT2D eigenvalue weighted by molar-refractivity contribution is 9.10. The Morgan fingerprint density at radius 1 is 1.15 bits per heavy atom. The maximum atomic E-state index is 13.6. The van der Waals surface area contributed by atoms with Gasteiger partial charge in [-0.15, -0.1) is 0 Å². The van der Waals surface area contributed by atoms with Crippen LogP contribution >= 0.6 is 15.9 Å². The predicted molar refractivity (Wildman–Crippen MR) is 183 cm³/mol. The number of aromatic nitrogens is 1. The minimum atomic E-state index is -0.692. The van der Waals surface area contributed by atoms with Gasteiger partial charge in [-0.2, -0.15) is 5.26 Å². The van der Waals surface area contributed by atoms with E-state index in [1.54, 1.807) is 12.4 Å². The lowest BCUT2D eigenvalue weighted by molar-refractivity contribution is -0.120. The Labute approximate surface area is 284 Å². The molecule has 244 valence electrons. The van der Waals surface area contributed by atoms with Gasteiger partial charge in [0.2, 0.25) is 5.91 Å². The van der Waals surface area contributed by atoms with Crippen LogP contribution in [-0.2, 0) is 22.7 Å². The molecule has 0 bridgehead atoms. The smallest absolute Gasteiger partial charge is 0.239 e. The van der Waals surface area contributed by atoms with Gasteiger partial charge in [-0.25, -0.2) is 0 Å². The SMILES string of the molecule is CCCC1CC(=O)C2=C(C1)NC(C)=C(C#N)C2c1cc(Br)c(OCc2cccc(C(NCc3ccncc3)C(N)=O)c2)c(OCC)c1. The molecular formula is C37H40BrN5O4. The molecule has 1 aromatic heterocycles. The number of carbonyl (C=O) groups excluding carboxylic acids is 2. The number of allylic oxidation sites excluding steroid dienone is 4. The van der Waals surface area contributed by atoms with E-state index in [4.69, 9.17) is 15.2 Å². The Hall–Kier alpha value is -4.46. The summed E-state index contributed by atoms with van der Waals surface area (Å²) in [4.78, 5) is 30.0. The summed E-state index contributed by atoms with van der Waals surface area (Å²) in [6, 6.07) is 16.8. The van der Waals surface area contributed by atoms with Crippen molar-refractivity contribution < 1.29 is 19.1 Å². The van der Waals surface area contributed by atoms with Crippen molar-refractivity contribution in [3.05, 3.63) is 110 Å². The fourth-order valence-corrected chi connectivity index (χ4v) is 7.07. The van der Waals surface area contributed by atoms with Crippen molar-refractivity contribution in [2.24, 2.45) is 11.7 Å². The quantitative estimate of drug-likeness (QED) is 0.180. The number of ketones is 1. The number of nitrogens with one attached hydrogen (secondary N) is 2. The van der Waals surface area contributed by atoms with Crippen molar-refractivity contribution in [2.75, 3.05) is 6.61 Å². The van der Waals surface area contributed by atoms with Crippen LogP contribution in [-0.4, -0.2) is 23.3 Å². The van der Waals surface area contributed by atoms with Crippen LogP contribution < -0.4 is 25.8 Å². The van der Waals surface area contributed by atoms with Gasteiger partial charge in [0.1, 0.15) is 12.6 Å². The summed E-state index contributed by atoms with van der Waals surface area (Å²) >= 11 is 3.70. The van der Waals surface area contributed by atoms with E-state index >= 15 is 0 Å². The largest absolute Gasteiger partial charge is 0.490 e. The van der Waals surface area contributed by atoms with Crippen LogP contribution in [0.2, 0.25) is 0 Å². The summed E-state index contributed by atoms with van der Waals surface area (Å²) < 4.78 is 13.0. The molecule has 1 aliphatic carbocycles. The lowest BCUT2D eigenvalue weighted by Gasteiger charge is -2.35. The Kier molecular flexibility index (Phi) is 11.1. The summed E-state index contributed by atoms with van der Waals surface area (Å²) in [5.74, 6) is 0.405. The fourth-order valence-electron chi connectivity index (χ4n) is 6.49. The highest BCUT2D eigenvalue weighted by atomic mass is 79.9. The molecular weight excluding hydrogens is 658 g/mol. The number of carbonyl (C=O) groups is 2. The summed E-state index contributed by atoms with van der Waals surface area (Å²) in [6.45, 7) is 6.97. The Bertz CT molecular complexity index is 1750. The molecule has 3 atom stereocenters. The molecule has 0 spiro atoms. The van der Waals surface area contributed by atoms with Crippen LogP contribution in [0.1, 0.15) is 80.7 Å². The normalized spacial score (nSPS) is 18.2. The molecule has 10 heteroatoms. The van der Waals surface area contributed by atoms with Crippen LogP contribution in [0.3, 0.4) is 0 Å². The second-order valence-electron chi connectivity index (χ2n) is 12.0. The van der Waals surface area contributed by atoms with Crippen molar-refractivity contribution in [3.8, 4) is 17.6 Å². The van der Waals surface area contributed by atoms with E-state index in [1.165, 1.54) is 0 Å². The number of nitriles is 1. The molecule has 0 saturated carbocycles. The van der Waals surface area contributed by atoms with Crippen molar-refractivity contribution >= 4 is 27.6 Å². The fraction of sp³-hybridized carbons (Fsp3) is 0.351. The minimum absolute atomic E-state index is 0.0845. The third kappa shape index (κ3) is 7.75. The lowest BCUT2D eigenvalue weighted by atomic mass is 9.72. The highest BCUT2D eigenvalue weighted by Crippen LogP contribution is 2.47. The van der Waals surface area contributed by atoms with Crippen molar-refractivity contribution in [1.29, 1.82) is 5.26 Å². The number of halogens is 1. The molecule has 5 rings (SSSR count). The van der Waals surface area contributed by atoms with Crippen LogP contribution in [0.25, 0.3) is 0 Å². The van der Waals surface area contributed by atoms with Gasteiger partial charge in [-0.1, -0.05) is 37.6 Å². The number of Topliss-reactive ketones (excluding diaryl/α,β-unsaturated/α-hetero) is 1. The summed E-state index contributed by atoms with van der Waals surface area (Å²) in [7, 11) is 0. The number of benzene rings is 2. The van der Waals surface area contributed by atoms with Crippen LogP contribution in [0.4, 0.5) is 0 Å². The average molecular weight is 699 g/mol. The van der Waals surface area contributed by atoms with Crippen molar-refractivity contribution in [3.63, 3.8) is 0 Å². The molecule has 4 N–H and O–H groups in total. The first-order valence-corrected chi connectivity index (χ1v) is 16.8. The number of pyridine rings is 1. The third-order valence-corrected chi connectivity index (χ3v) is 9.20. The van der Waals surface area contributed by atoms with Gasteiger partial charge in [0, 0.05) is 42.3 Å². The second-order valence-corrected chi connectivity index (χ2v) is 12.8. The molecule has 0 saturated heterocycles. The van der Waals surface area contributed by atoms with Gasteiger partial charge in [-0.3, -0.25) is 19.9 Å². The van der Waals surface area contributed by atoms with Gasteiger partial charge in [0.25, 0.3) is 0 Å².